The second-order valence-corrected chi connectivity index (χ2v) is 9.45. The number of hydrogen-bond donors (Lipinski definition) is 2. The standard InChI is InChI=1S/C31H26N4O4/c36-20-33-30(37)26(27-16-32-28-12-5-4-10-25(27)28)15-23-18-34-13-14-35(17-22-9-6-11-24(23)29(22)34)31(38)39-19-21-7-2-1-3-8-21/h1-12,15-16,18,20,32H,13-14,17,19H2,(H,33,36,37)/b26-15+. The zero-order valence-electron chi connectivity index (χ0n) is 21.1. The number of benzene rings is 3. The molecule has 1 aliphatic rings. The number of para-hydroxylation sites is 2. The van der Waals surface area contributed by atoms with Crippen molar-refractivity contribution in [1.82, 2.24) is 19.8 Å². The zero-order valence-corrected chi connectivity index (χ0v) is 21.1. The molecule has 5 aromatic rings. The molecule has 0 spiro atoms. The van der Waals surface area contributed by atoms with Gasteiger partial charge in [0.25, 0.3) is 5.91 Å². The molecule has 3 aromatic carbocycles. The van der Waals surface area contributed by atoms with Gasteiger partial charge in [0.1, 0.15) is 6.61 Å². The maximum Gasteiger partial charge on any atom is 0.410 e. The first-order valence-corrected chi connectivity index (χ1v) is 12.7. The van der Waals surface area contributed by atoms with Crippen molar-refractivity contribution in [2.75, 3.05) is 6.54 Å². The first kappa shape index (κ1) is 24.2. The van der Waals surface area contributed by atoms with Gasteiger partial charge < -0.3 is 19.2 Å². The first-order chi connectivity index (χ1) is 19.1. The normalized spacial score (nSPS) is 13.3. The molecular weight excluding hydrogens is 492 g/mol. The molecule has 2 aromatic heterocycles. The molecule has 0 bridgehead atoms. The lowest BCUT2D eigenvalue weighted by Gasteiger charge is -2.20. The molecule has 6 rings (SSSR count). The molecule has 8 nitrogen and oxygen atoms in total. The Morgan fingerprint density at radius 3 is 2.59 bits per heavy atom. The summed E-state index contributed by atoms with van der Waals surface area (Å²) in [4.78, 5) is 42.0. The second-order valence-electron chi connectivity index (χ2n) is 9.45. The van der Waals surface area contributed by atoms with Crippen LogP contribution in [0.2, 0.25) is 0 Å². The fourth-order valence-corrected chi connectivity index (χ4v) is 5.21. The number of nitrogens with one attached hydrogen (secondary N) is 2. The van der Waals surface area contributed by atoms with Gasteiger partial charge in [0.2, 0.25) is 6.41 Å². The fraction of sp³-hybridized carbons (Fsp3) is 0.129. The Morgan fingerprint density at radius 2 is 1.74 bits per heavy atom. The highest BCUT2D eigenvalue weighted by molar-refractivity contribution is 6.29. The summed E-state index contributed by atoms with van der Waals surface area (Å²) in [5.41, 5.74) is 5.79. The van der Waals surface area contributed by atoms with Gasteiger partial charge in [-0.25, -0.2) is 4.79 Å². The van der Waals surface area contributed by atoms with Crippen molar-refractivity contribution in [3.63, 3.8) is 0 Å². The molecule has 194 valence electrons. The monoisotopic (exact) mass is 518 g/mol. The zero-order chi connectivity index (χ0) is 26.8. The summed E-state index contributed by atoms with van der Waals surface area (Å²) in [5.74, 6) is -0.480. The number of aromatic nitrogens is 2. The maximum absolute atomic E-state index is 13.0. The second kappa shape index (κ2) is 10.3. The minimum absolute atomic E-state index is 0.223. The lowest BCUT2D eigenvalue weighted by molar-refractivity contribution is -0.121. The van der Waals surface area contributed by atoms with E-state index in [0.717, 1.165) is 38.5 Å². The van der Waals surface area contributed by atoms with E-state index in [0.29, 0.717) is 37.2 Å². The van der Waals surface area contributed by atoms with Gasteiger partial charge >= 0.3 is 6.09 Å². The van der Waals surface area contributed by atoms with E-state index in [-0.39, 0.29) is 12.7 Å². The molecule has 1 aliphatic heterocycles. The number of fused-ring (bicyclic) bond motifs is 1. The van der Waals surface area contributed by atoms with Gasteiger partial charge in [-0.05, 0) is 23.3 Å². The van der Waals surface area contributed by atoms with Gasteiger partial charge in [0.05, 0.1) is 12.1 Å². The molecule has 0 saturated heterocycles. The van der Waals surface area contributed by atoms with Crippen molar-refractivity contribution in [3.05, 3.63) is 107 Å². The van der Waals surface area contributed by atoms with Crippen LogP contribution in [0.4, 0.5) is 4.79 Å². The molecule has 0 atom stereocenters. The fourth-order valence-electron chi connectivity index (χ4n) is 5.21. The smallest absolute Gasteiger partial charge is 0.410 e. The lowest BCUT2D eigenvalue weighted by atomic mass is 10.0. The van der Waals surface area contributed by atoms with E-state index in [1.54, 1.807) is 11.1 Å². The Balaban J connectivity index is 1.34. The van der Waals surface area contributed by atoms with Crippen LogP contribution in [0.15, 0.2) is 85.2 Å². The van der Waals surface area contributed by atoms with Crippen LogP contribution in [-0.2, 0) is 34.0 Å². The molecule has 0 fully saturated rings. The van der Waals surface area contributed by atoms with E-state index in [1.165, 1.54) is 0 Å². The van der Waals surface area contributed by atoms with E-state index in [9.17, 15) is 14.4 Å². The van der Waals surface area contributed by atoms with Crippen molar-refractivity contribution in [2.45, 2.75) is 19.7 Å². The molecular formula is C31H26N4O4. The Morgan fingerprint density at radius 1 is 0.949 bits per heavy atom. The largest absolute Gasteiger partial charge is 0.445 e. The topological polar surface area (TPSA) is 96.4 Å². The van der Waals surface area contributed by atoms with Crippen molar-refractivity contribution in [1.29, 1.82) is 0 Å². The number of carbonyl (C=O) groups excluding carboxylic acids is 3. The highest BCUT2D eigenvalue weighted by Crippen LogP contribution is 2.33. The van der Waals surface area contributed by atoms with Gasteiger partial charge in [-0.1, -0.05) is 66.7 Å². The highest BCUT2D eigenvalue weighted by Gasteiger charge is 2.24. The van der Waals surface area contributed by atoms with E-state index in [1.807, 2.05) is 85.1 Å². The van der Waals surface area contributed by atoms with Crippen molar-refractivity contribution >= 4 is 51.9 Å². The van der Waals surface area contributed by atoms with E-state index >= 15 is 0 Å². The van der Waals surface area contributed by atoms with Gasteiger partial charge in [-0.2, -0.15) is 0 Å². The summed E-state index contributed by atoms with van der Waals surface area (Å²) < 4.78 is 7.71. The van der Waals surface area contributed by atoms with E-state index in [4.69, 9.17) is 4.74 Å². The predicted molar refractivity (Wildman–Crippen MR) is 149 cm³/mol. The van der Waals surface area contributed by atoms with Crippen LogP contribution in [0.3, 0.4) is 0 Å². The third-order valence-corrected chi connectivity index (χ3v) is 7.06. The molecule has 3 heterocycles. The summed E-state index contributed by atoms with van der Waals surface area (Å²) >= 11 is 0. The SMILES string of the molecule is O=CNC(=O)/C(=C/c1cn2c3c(cccc13)CN(C(=O)OCc1ccccc1)CC2)c1c[nH]c2ccccc12. The Labute approximate surface area is 224 Å². The average Bonchev–Trinajstić information content (AvgIpc) is 3.49. The molecule has 0 aliphatic carbocycles. The summed E-state index contributed by atoms with van der Waals surface area (Å²) in [7, 11) is 0. The maximum atomic E-state index is 13.0. The Bertz CT molecular complexity index is 1730. The highest BCUT2D eigenvalue weighted by atomic mass is 16.6. The number of rotatable bonds is 6. The summed E-state index contributed by atoms with van der Waals surface area (Å²) in [6.45, 7) is 1.70. The van der Waals surface area contributed by atoms with Crippen LogP contribution in [0.1, 0.15) is 22.3 Å². The number of carbonyl (C=O) groups is 3. The molecule has 0 radical (unpaired) electrons. The summed E-state index contributed by atoms with van der Waals surface area (Å²) in [6.07, 6.45) is 5.65. The quantitative estimate of drug-likeness (QED) is 0.242. The number of amides is 3. The number of aromatic amines is 1. The van der Waals surface area contributed by atoms with Crippen LogP contribution in [0, 0.1) is 0 Å². The number of ether oxygens (including phenoxy) is 1. The van der Waals surface area contributed by atoms with Crippen molar-refractivity contribution in [2.24, 2.45) is 0 Å². The average molecular weight is 519 g/mol. The van der Waals surface area contributed by atoms with Gasteiger partial charge in [0.15, 0.2) is 0 Å². The van der Waals surface area contributed by atoms with Crippen molar-refractivity contribution < 1.29 is 19.1 Å². The van der Waals surface area contributed by atoms with Crippen LogP contribution >= 0.6 is 0 Å². The van der Waals surface area contributed by atoms with E-state index < -0.39 is 5.91 Å². The number of nitrogens with zero attached hydrogens (tertiary/aromatic N) is 2. The molecule has 2 N–H and O–H groups in total. The third-order valence-electron chi connectivity index (χ3n) is 7.06. The van der Waals surface area contributed by atoms with Crippen LogP contribution in [0.25, 0.3) is 33.5 Å². The number of imide groups is 1. The minimum Gasteiger partial charge on any atom is -0.445 e. The Hall–Kier alpha value is -5.11. The number of H-pyrrole nitrogens is 1. The summed E-state index contributed by atoms with van der Waals surface area (Å²) in [5, 5.41) is 4.15. The third kappa shape index (κ3) is 4.68. The molecule has 0 unspecified atom stereocenters. The van der Waals surface area contributed by atoms with E-state index in [2.05, 4.69) is 14.9 Å². The predicted octanol–water partition coefficient (Wildman–Crippen LogP) is 5.09. The lowest BCUT2D eigenvalue weighted by Crippen LogP contribution is -2.32. The summed E-state index contributed by atoms with van der Waals surface area (Å²) in [6, 6.07) is 23.3. The Kier molecular flexibility index (Phi) is 6.42. The van der Waals surface area contributed by atoms with Crippen LogP contribution in [-0.4, -0.2) is 39.4 Å². The van der Waals surface area contributed by atoms with Crippen molar-refractivity contribution in [3.8, 4) is 0 Å². The van der Waals surface area contributed by atoms with Gasteiger partial charge in [0, 0.05) is 58.5 Å². The first-order valence-electron chi connectivity index (χ1n) is 12.7. The van der Waals surface area contributed by atoms with Crippen LogP contribution in [0.5, 0.6) is 0 Å². The molecule has 39 heavy (non-hydrogen) atoms. The molecule has 3 amide bonds. The molecule has 0 saturated carbocycles. The van der Waals surface area contributed by atoms with Gasteiger partial charge in [-0.15, -0.1) is 0 Å². The minimum atomic E-state index is -0.480. The van der Waals surface area contributed by atoms with Gasteiger partial charge in [-0.3, -0.25) is 14.9 Å². The number of hydrogen-bond acceptors (Lipinski definition) is 4. The molecule has 8 heteroatoms. The van der Waals surface area contributed by atoms with Crippen LogP contribution < -0.4 is 5.32 Å².